The fraction of sp³-hybridized carbons (Fsp3) is 0.0909. The van der Waals surface area contributed by atoms with Crippen molar-refractivity contribution in [3.8, 4) is 11.1 Å². The molecule has 0 atom stereocenters. The lowest BCUT2D eigenvalue weighted by molar-refractivity contribution is -0.137. The number of hydrogen-bond acceptors (Lipinski definition) is 3. The van der Waals surface area contributed by atoms with E-state index in [-0.39, 0.29) is 5.56 Å². The van der Waals surface area contributed by atoms with E-state index in [0.29, 0.717) is 21.7 Å². The Morgan fingerprint density at radius 3 is 2.10 bits per heavy atom. The number of Topliss-reactive ketones (excluding diaryl/α,β-unsaturated/α-hetero) is 1. The van der Waals surface area contributed by atoms with E-state index in [1.165, 1.54) is 30.3 Å². The second-order valence-corrected chi connectivity index (χ2v) is 6.56. The van der Waals surface area contributed by atoms with Crippen molar-refractivity contribution in [3.05, 3.63) is 94.5 Å². The summed E-state index contributed by atoms with van der Waals surface area (Å²) in [4.78, 5) is 24.6. The standard InChI is InChI=1S/C22H14ClF3O3/c23-17-11-7-15(8-12-17)20(27)13-29-21(28)19-4-2-1-3-18(19)14-5-9-16(10-6-14)22(24,25)26/h1-12H,13H2. The van der Waals surface area contributed by atoms with Crippen molar-refractivity contribution in [1.29, 1.82) is 0 Å². The predicted octanol–water partition coefficient (Wildman–Crippen LogP) is 6.07. The minimum Gasteiger partial charge on any atom is -0.454 e. The Morgan fingerprint density at radius 2 is 1.48 bits per heavy atom. The third kappa shape index (κ3) is 5.03. The first-order chi connectivity index (χ1) is 13.8. The van der Waals surface area contributed by atoms with Gasteiger partial charge in [-0.3, -0.25) is 4.79 Å². The molecule has 0 amide bonds. The maximum atomic E-state index is 12.8. The van der Waals surface area contributed by atoms with Crippen LogP contribution in [0.15, 0.2) is 72.8 Å². The smallest absolute Gasteiger partial charge is 0.416 e. The maximum Gasteiger partial charge on any atom is 0.416 e. The lowest BCUT2D eigenvalue weighted by Gasteiger charge is -2.11. The lowest BCUT2D eigenvalue weighted by atomic mass is 9.98. The first-order valence-electron chi connectivity index (χ1n) is 8.48. The van der Waals surface area contributed by atoms with E-state index in [4.69, 9.17) is 16.3 Å². The zero-order chi connectivity index (χ0) is 21.0. The number of carbonyl (C=O) groups excluding carboxylic acids is 2. The van der Waals surface area contributed by atoms with E-state index in [1.54, 1.807) is 30.3 Å². The summed E-state index contributed by atoms with van der Waals surface area (Å²) in [6.07, 6.45) is -4.45. The summed E-state index contributed by atoms with van der Waals surface area (Å²) >= 11 is 5.78. The van der Waals surface area contributed by atoms with Crippen molar-refractivity contribution in [2.45, 2.75) is 6.18 Å². The second-order valence-electron chi connectivity index (χ2n) is 6.13. The molecular weight excluding hydrogens is 405 g/mol. The van der Waals surface area contributed by atoms with Crippen LogP contribution in [0.3, 0.4) is 0 Å². The van der Waals surface area contributed by atoms with Gasteiger partial charge in [0.2, 0.25) is 0 Å². The average molecular weight is 419 g/mol. The lowest BCUT2D eigenvalue weighted by Crippen LogP contribution is -2.15. The van der Waals surface area contributed by atoms with Crippen LogP contribution in [0.2, 0.25) is 5.02 Å². The van der Waals surface area contributed by atoms with E-state index in [0.717, 1.165) is 12.1 Å². The highest BCUT2D eigenvalue weighted by atomic mass is 35.5. The Morgan fingerprint density at radius 1 is 0.862 bits per heavy atom. The summed E-state index contributed by atoms with van der Waals surface area (Å²) < 4.78 is 43.4. The van der Waals surface area contributed by atoms with E-state index >= 15 is 0 Å². The molecule has 7 heteroatoms. The van der Waals surface area contributed by atoms with Gasteiger partial charge in [-0.2, -0.15) is 13.2 Å². The minimum absolute atomic E-state index is 0.149. The van der Waals surface area contributed by atoms with Crippen molar-refractivity contribution in [1.82, 2.24) is 0 Å². The summed E-state index contributed by atoms with van der Waals surface area (Å²) in [6, 6.07) is 17.0. The Balaban J connectivity index is 1.76. The Labute approximate surface area is 169 Å². The quantitative estimate of drug-likeness (QED) is 0.373. The number of hydrogen-bond donors (Lipinski definition) is 0. The summed E-state index contributed by atoms with van der Waals surface area (Å²) in [7, 11) is 0. The molecule has 0 aliphatic heterocycles. The van der Waals surface area contributed by atoms with Crippen molar-refractivity contribution < 1.29 is 27.5 Å². The Hall–Kier alpha value is -3.12. The summed E-state index contributed by atoms with van der Waals surface area (Å²) in [5, 5.41) is 0.476. The minimum atomic E-state index is -4.45. The van der Waals surface area contributed by atoms with Gasteiger partial charge in [-0.25, -0.2) is 4.79 Å². The molecule has 3 nitrogen and oxygen atoms in total. The molecule has 0 saturated heterocycles. The molecule has 0 heterocycles. The molecule has 0 radical (unpaired) electrons. The van der Waals surface area contributed by atoms with E-state index in [9.17, 15) is 22.8 Å². The van der Waals surface area contributed by atoms with Gasteiger partial charge < -0.3 is 4.74 Å². The van der Waals surface area contributed by atoms with Gasteiger partial charge in [0.15, 0.2) is 12.4 Å². The zero-order valence-electron chi connectivity index (χ0n) is 14.9. The number of benzene rings is 3. The normalized spacial score (nSPS) is 11.2. The molecule has 0 aliphatic rings. The van der Waals surface area contributed by atoms with Crippen LogP contribution >= 0.6 is 11.6 Å². The summed E-state index contributed by atoms with van der Waals surface area (Å²) in [5.74, 6) is -1.15. The zero-order valence-corrected chi connectivity index (χ0v) is 15.6. The first kappa shape index (κ1) is 20.6. The number of halogens is 4. The van der Waals surface area contributed by atoms with Gasteiger partial charge in [-0.1, -0.05) is 41.9 Å². The van der Waals surface area contributed by atoms with Gasteiger partial charge in [0.25, 0.3) is 0 Å². The molecule has 0 fully saturated rings. The number of alkyl halides is 3. The summed E-state index contributed by atoms with van der Waals surface area (Å²) in [6.45, 7) is -0.470. The number of ketones is 1. The van der Waals surface area contributed by atoms with Crippen LogP contribution < -0.4 is 0 Å². The molecule has 0 spiro atoms. The van der Waals surface area contributed by atoms with Crippen LogP contribution in [-0.2, 0) is 10.9 Å². The van der Waals surface area contributed by atoms with E-state index in [1.807, 2.05) is 0 Å². The van der Waals surface area contributed by atoms with Crippen molar-refractivity contribution in [2.24, 2.45) is 0 Å². The fourth-order valence-corrected chi connectivity index (χ4v) is 2.81. The van der Waals surface area contributed by atoms with Crippen LogP contribution in [0, 0.1) is 0 Å². The van der Waals surface area contributed by atoms with Crippen LogP contribution in [0.1, 0.15) is 26.3 Å². The number of esters is 1. The van der Waals surface area contributed by atoms with Crippen LogP contribution in [0.25, 0.3) is 11.1 Å². The van der Waals surface area contributed by atoms with Gasteiger partial charge in [0.05, 0.1) is 11.1 Å². The van der Waals surface area contributed by atoms with Crippen molar-refractivity contribution in [2.75, 3.05) is 6.61 Å². The number of rotatable bonds is 5. The number of carbonyl (C=O) groups is 2. The van der Waals surface area contributed by atoms with Gasteiger partial charge >= 0.3 is 12.1 Å². The predicted molar refractivity (Wildman–Crippen MR) is 103 cm³/mol. The molecule has 3 rings (SSSR count). The molecule has 148 valence electrons. The highest BCUT2D eigenvalue weighted by Gasteiger charge is 2.30. The monoisotopic (exact) mass is 418 g/mol. The molecule has 0 bridgehead atoms. The van der Waals surface area contributed by atoms with Crippen LogP contribution in [0.5, 0.6) is 0 Å². The van der Waals surface area contributed by atoms with Gasteiger partial charge in [0, 0.05) is 10.6 Å². The molecule has 0 N–H and O–H groups in total. The van der Waals surface area contributed by atoms with E-state index < -0.39 is 30.1 Å². The highest BCUT2D eigenvalue weighted by molar-refractivity contribution is 6.30. The van der Waals surface area contributed by atoms with E-state index in [2.05, 4.69) is 0 Å². The fourth-order valence-electron chi connectivity index (χ4n) is 2.68. The Kier molecular flexibility index (Phi) is 6.03. The average Bonchev–Trinajstić information content (AvgIpc) is 2.72. The number of ether oxygens (including phenoxy) is 1. The maximum absolute atomic E-state index is 12.8. The molecule has 0 aromatic heterocycles. The van der Waals surface area contributed by atoms with Crippen molar-refractivity contribution >= 4 is 23.4 Å². The molecule has 0 unspecified atom stereocenters. The molecule has 0 aliphatic carbocycles. The molecular formula is C22H14ClF3O3. The topological polar surface area (TPSA) is 43.4 Å². The SMILES string of the molecule is O=C(COC(=O)c1ccccc1-c1ccc(C(F)(F)F)cc1)c1ccc(Cl)cc1. The molecule has 3 aromatic carbocycles. The van der Waals surface area contributed by atoms with Gasteiger partial charge in [0.1, 0.15) is 0 Å². The van der Waals surface area contributed by atoms with Crippen molar-refractivity contribution in [3.63, 3.8) is 0 Å². The van der Waals surface area contributed by atoms with Gasteiger partial charge in [-0.15, -0.1) is 0 Å². The van der Waals surface area contributed by atoms with Gasteiger partial charge in [-0.05, 0) is 53.6 Å². The first-order valence-corrected chi connectivity index (χ1v) is 8.86. The third-order valence-corrected chi connectivity index (χ3v) is 4.42. The van der Waals surface area contributed by atoms with Crippen LogP contribution in [0.4, 0.5) is 13.2 Å². The van der Waals surface area contributed by atoms with Crippen LogP contribution in [-0.4, -0.2) is 18.4 Å². The summed E-state index contributed by atoms with van der Waals surface area (Å²) in [5.41, 5.74) is 0.545. The molecule has 29 heavy (non-hydrogen) atoms. The largest absolute Gasteiger partial charge is 0.454 e. The Bertz CT molecular complexity index is 1030. The second kappa shape index (κ2) is 8.49. The third-order valence-electron chi connectivity index (χ3n) is 4.17. The molecule has 0 saturated carbocycles. The highest BCUT2D eigenvalue weighted by Crippen LogP contribution is 2.32. The molecule has 3 aromatic rings.